The van der Waals surface area contributed by atoms with Crippen molar-refractivity contribution in [3.8, 4) is 39.5 Å². The van der Waals surface area contributed by atoms with E-state index < -0.39 is 0 Å². The largest absolute Gasteiger partial charge is 0.454 e. The maximum atomic E-state index is 6.81. The average molecular weight is 614 g/mol. The minimum absolute atomic E-state index is 0.672. The molecule has 0 bridgehead atoms. The van der Waals surface area contributed by atoms with Gasteiger partial charge in [-0.1, -0.05) is 127 Å². The first-order chi connectivity index (χ1) is 23.8. The summed E-state index contributed by atoms with van der Waals surface area (Å²) in [6.07, 6.45) is 0. The van der Waals surface area contributed by atoms with Crippen LogP contribution >= 0.6 is 0 Å². The maximum absolute atomic E-state index is 6.81. The lowest BCUT2D eigenvalue weighted by Gasteiger charge is -2.09. The molecule has 0 saturated heterocycles. The van der Waals surface area contributed by atoms with E-state index in [0.717, 1.165) is 66.4 Å². The Bertz CT molecular complexity index is 2830. The van der Waals surface area contributed by atoms with Gasteiger partial charge in [0.2, 0.25) is 0 Å². The first kappa shape index (κ1) is 26.7. The fraction of sp³-hybridized carbons (Fsp3) is 0. The Morgan fingerprint density at radius 3 is 2.00 bits per heavy atom. The fourth-order valence-electron chi connectivity index (χ4n) is 7.26. The van der Waals surface area contributed by atoms with Crippen molar-refractivity contribution < 1.29 is 4.42 Å². The standard InChI is InChI=1S/C44H27N3O/c1-3-13-28(14-4-1)31-19-11-23-38-41(31)35-18-8-10-22-37(35)47(38)39-24-12-20-33-32-26-25-30(27-40(32)48-43(33)39)44-45-36-21-9-7-17-34(36)42(46-44)29-15-5-2-6-16-29/h1-27H. The highest BCUT2D eigenvalue weighted by Gasteiger charge is 2.20. The van der Waals surface area contributed by atoms with Gasteiger partial charge in [0.15, 0.2) is 11.4 Å². The zero-order chi connectivity index (χ0) is 31.6. The second-order valence-corrected chi connectivity index (χ2v) is 12.2. The van der Waals surface area contributed by atoms with Crippen LogP contribution in [-0.4, -0.2) is 14.5 Å². The molecule has 0 aliphatic carbocycles. The summed E-state index contributed by atoms with van der Waals surface area (Å²) >= 11 is 0. The van der Waals surface area contributed by atoms with Gasteiger partial charge >= 0.3 is 0 Å². The average Bonchev–Trinajstić information content (AvgIpc) is 3.71. The predicted molar refractivity (Wildman–Crippen MR) is 197 cm³/mol. The topological polar surface area (TPSA) is 43.9 Å². The van der Waals surface area contributed by atoms with Gasteiger partial charge in [0, 0.05) is 38.1 Å². The summed E-state index contributed by atoms with van der Waals surface area (Å²) in [6.45, 7) is 0. The molecule has 224 valence electrons. The molecule has 7 aromatic carbocycles. The summed E-state index contributed by atoms with van der Waals surface area (Å²) in [4.78, 5) is 10.1. The van der Waals surface area contributed by atoms with Crippen molar-refractivity contribution in [2.45, 2.75) is 0 Å². The lowest BCUT2D eigenvalue weighted by Crippen LogP contribution is -1.94. The summed E-state index contributed by atoms with van der Waals surface area (Å²) in [6, 6.07) is 57.1. The molecule has 4 heteroatoms. The molecule has 0 N–H and O–H groups in total. The number of nitrogens with zero attached hydrogens (tertiary/aromatic N) is 3. The van der Waals surface area contributed by atoms with E-state index in [1.165, 1.54) is 21.9 Å². The molecule has 10 rings (SSSR count). The van der Waals surface area contributed by atoms with E-state index in [9.17, 15) is 0 Å². The van der Waals surface area contributed by atoms with Gasteiger partial charge in [0.25, 0.3) is 0 Å². The Hall–Kier alpha value is -6.52. The molecular formula is C44H27N3O. The lowest BCUT2D eigenvalue weighted by atomic mass is 9.99. The van der Waals surface area contributed by atoms with E-state index in [2.05, 4.69) is 132 Å². The van der Waals surface area contributed by atoms with Crippen LogP contribution in [0.15, 0.2) is 168 Å². The minimum atomic E-state index is 0.672. The van der Waals surface area contributed by atoms with Crippen LogP contribution in [0.2, 0.25) is 0 Å². The van der Waals surface area contributed by atoms with Gasteiger partial charge in [-0.15, -0.1) is 0 Å². The number of furan rings is 1. The third-order valence-electron chi connectivity index (χ3n) is 9.41. The molecule has 0 aliphatic heterocycles. The maximum Gasteiger partial charge on any atom is 0.160 e. The Morgan fingerprint density at radius 1 is 0.458 bits per heavy atom. The number of rotatable bonds is 4. The zero-order valence-corrected chi connectivity index (χ0v) is 25.8. The molecule has 0 unspecified atom stereocenters. The molecule has 0 spiro atoms. The Morgan fingerprint density at radius 2 is 1.15 bits per heavy atom. The third kappa shape index (κ3) is 4.03. The zero-order valence-electron chi connectivity index (χ0n) is 25.8. The molecule has 0 atom stereocenters. The van der Waals surface area contributed by atoms with Crippen molar-refractivity contribution in [2.24, 2.45) is 0 Å². The first-order valence-electron chi connectivity index (χ1n) is 16.2. The number of benzene rings is 7. The van der Waals surface area contributed by atoms with E-state index in [1.807, 2.05) is 36.4 Å². The molecular weight excluding hydrogens is 587 g/mol. The van der Waals surface area contributed by atoms with E-state index in [0.29, 0.717) is 5.82 Å². The molecule has 0 radical (unpaired) electrons. The highest BCUT2D eigenvalue weighted by Crippen LogP contribution is 2.42. The fourth-order valence-corrected chi connectivity index (χ4v) is 7.26. The van der Waals surface area contributed by atoms with Gasteiger partial charge in [-0.25, -0.2) is 9.97 Å². The first-order valence-corrected chi connectivity index (χ1v) is 16.2. The molecule has 0 amide bonds. The van der Waals surface area contributed by atoms with Crippen LogP contribution in [0.25, 0.3) is 94.1 Å². The van der Waals surface area contributed by atoms with Crippen LogP contribution in [0.5, 0.6) is 0 Å². The summed E-state index contributed by atoms with van der Waals surface area (Å²) in [5, 5.41) is 5.61. The minimum Gasteiger partial charge on any atom is -0.454 e. The van der Waals surface area contributed by atoms with Gasteiger partial charge in [0.1, 0.15) is 5.58 Å². The summed E-state index contributed by atoms with van der Waals surface area (Å²) in [5.74, 6) is 0.672. The molecule has 0 aliphatic rings. The smallest absolute Gasteiger partial charge is 0.160 e. The van der Waals surface area contributed by atoms with Crippen molar-refractivity contribution in [1.82, 2.24) is 14.5 Å². The van der Waals surface area contributed by atoms with Gasteiger partial charge < -0.3 is 8.98 Å². The van der Waals surface area contributed by atoms with Gasteiger partial charge in [0.05, 0.1) is 27.9 Å². The third-order valence-corrected chi connectivity index (χ3v) is 9.41. The van der Waals surface area contributed by atoms with E-state index in [-0.39, 0.29) is 0 Å². The van der Waals surface area contributed by atoms with Gasteiger partial charge in [-0.3, -0.25) is 0 Å². The molecule has 3 heterocycles. The Labute approximate surface area is 276 Å². The second kappa shape index (κ2) is 10.5. The highest BCUT2D eigenvalue weighted by atomic mass is 16.3. The van der Waals surface area contributed by atoms with Crippen LogP contribution in [-0.2, 0) is 0 Å². The van der Waals surface area contributed by atoms with E-state index in [1.54, 1.807) is 0 Å². The van der Waals surface area contributed by atoms with Gasteiger partial charge in [-0.2, -0.15) is 0 Å². The highest BCUT2D eigenvalue weighted by molar-refractivity contribution is 6.17. The summed E-state index contributed by atoms with van der Waals surface area (Å²) < 4.78 is 9.16. The van der Waals surface area contributed by atoms with Crippen molar-refractivity contribution >= 4 is 54.6 Å². The quantitative estimate of drug-likeness (QED) is 0.198. The molecule has 10 aromatic rings. The van der Waals surface area contributed by atoms with E-state index in [4.69, 9.17) is 14.4 Å². The van der Waals surface area contributed by atoms with Crippen LogP contribution in [0.1, 0.15) is 0 Å². The van der Waals surface area contributed by atoms with Gasteiger partial charge in [-0.05, 0) is 47.5 Å². The van der Waals surface area contributed by atoms with E-state index >= 15 is 0 Å². The summed E-state index contributed by atoms with van der Waals surface area (Å²) in [7, 11) is 0. The molecule has 48 heavy (non-hydrogen) atoms. The molecule has 0 fully saturated rings. The number of aromatic nitrogens is 3. The summed E-state index contributed by atoms with van der Waals surface area (Å²) in [5.41, 5.74) is 11.2. The Kier molecular flexibility index (Phi) is 5.84. The van der Waals surface area contributed by atoms with Crippen LogP contribution in [0, 0.1) is 0 Å². The molecule has 4 nitrogen and oxygen atoms in total. The number of hydrogen-bond donors (Lipinski definition) is 0. The van der Waals surface area contributed by atoms with Crippen molar-refractivity contribution in [3.63, 3.8) is 0 Å². The van der Waals surface area contributed by atoms with Crippen molar-refractivity contribution in [1.29, 1.82) is 0 Å². The monoisotopic (exact) mass is 613 g/mol. The van der Waals surface area contributed by atoms with Crippen LogP contribution in [0.4, 0.5) is 0 Å². The predicted octanol–water partition coefficient (Wildman–Crippen LogP) is 11.6. The van der Waals surface area contributed by atoms with Crippen LogP contribution in [0.3, 0.4) is 0 Å². The Balaban J connectivity index is 1.19. The van der Waals surface area contributed by atoms with Crippen molar-refractivity contribution in [3.05, 3.63) is 164 Å². The van der Waals surface area contributed by atoms with Crippen LogP contribution < -0.4 is 0 Å². The lowest BCUT2D eigenvalue weighted by molar-refractivity contribution is 0.666. The normalized spacial score (nSPS) is 11.8. The van der Waals surface area contributed by atoms with Crippen molar-refractivity contribution in [2.75, 3.05) is 0 Å². The number of para-hydroxylation sites is 3. The second-order valence-electron chi connectivity index (χ2n) is 12.2. The SMILES string of the molecule is c1ccc(-c2nc(-c3ccc4c(c3)oc3c(-n5c6ccccc6c6c(-c7ccccc7)cccc65)cccc34)nc3ccccc23)cc1. The molecule has 0 saturated carbocycles. The molecule has 3 aromatic heterocycles. The number of fused-ring (bicyclic) bond motifs is 7. The number of hydrogen-bond acceptors (Lipinski definition) is 3.